The number of hydrogen-bond donors (Lipinski definition) is 2. The lowest BCUT2D eigenvalue weighted by molar-refractivity contribution is -0.120. The largest absolute Gasteiger partial charge is 0.451 e. The molecular weight excluding hydrogens is 452 g/mol. The van der Waals surface area contributed by atoms with Crippen molar-refractivity contribution in [2.24, 2.45) is 0 Å². The van der Waals surface area contributed by atoms with Gasteiger partial charge in [-0.25, -0.2) is 4.68 Å². The van der Waals surface area contributed by atoms with Crippen molar-refractivity contribution in [3.05, 3.63) is 113 Å². The van der Waals surface area contributed by atoms with Crippen LogP contribution < -0.4 is 10.6 Å². The monoisotopic (exact) mass is 478 g/mol. The molecule has 0 saturated carbocycles. The minimum absolute atomic E-state index is 0.0830. The molecule has 0 atom stereocenters. The maximum absolute atomic E-state index is 12.6. The molecule has 2 amide bonds. The quantitative estimate of drug-likeness (QED) is 0.330. The summed E-state index contributed by atoms with van der Waals surface area (Å²) >= 11 is 0. The van der Waals surface area contributed by atoms with Gasteiger partial charge in [-0.2, -0.15) is 5.10 Å². The molecule has 0 aliphatic carbocycles. The lowest BCUT2D eigenvalue weighted by Crippen LogP contribution is -2.25. The number of amides is 2. The normalized spacial score (nSPS) is 10.9. The SMILES string of the molecule is Cc1nn(-c2ccccc2)c(C)c1CNC(=O)Cc1ccc(NC(=O)c2cc3ccccc3o2)cc1. The molecule has 2 heterocycles. The summed E-state index contributed by atoms with van der Waals surface area (Å²) in [5, 5.41) is 11.3. The Morgan fingerprint density at radius 2 is 1.64 bits per heavy atom. The van der Waals surface area contributed by atoms with Gasteiger partial charge in [-0.15, -0.1) is 0 Å². The van der Waals surface area contributed by atoms with Gasteiger partial charge in [-0.3, -0.25) is 9.59 Å². The number of carbonyl (C=O) groups excluding carboxylic acids is 2. The van der Waals surface area contributed by atoms with Crippen LogP contribution in [-0.4, -0.2) is 21.6 Å². The molecule has 180 valence electrons. The Balaban J connectivity index is 1.17. The van der Waals surface area contributed by atoms with Crippen molar-refractivity contribution < 1.29 is 14.0 Å². The van der Waals surface area contributed by atoms with E-state index in [4.69, 9.17) is 4.42 Å². The Morgan fingerprint density at radius 1 is 0.917 bits per heavy atom. The number of aromatic nitrogens is 2. The number of anilines is 1. The van der Waals surface area contributed by atoms with E-state index >= 15 is 0 Å². The lowest BCUT2D eigenvalue weighted by Gasteiger charge is -2.08. The van der Waals surface area contributed by atoms with Crippen molar-refractivity contribution >= 4 is 28.5 Å². The van der Waals surface area contributed by atoms with Crippen molar-refractivity contribution in [2.75, 3.05) is 5.32 Å². The summed E-state index contributed by atoms with van der Waals surface area (Å²) in [4.78, 5) is 25.1. The molecule has 0 spiro atoms. The van der Waals surface area contributed by atoms with Gasteiger partial charge < -0.3 is 15.1 Å². The van der Waals surface area contributed by atoms with E-state index in [0.29, 0.717) is 17.8 Å². The molecule has 5 rings (SSSR count). The van der Waals surface area contributed by atoms with Crippen molar-refractivity contribution in [1.29, 1.82) is 0 Å². The molecule has 7 nitrogen and oxygen atoms in total. The van der Waals surface area contributed by atoms with E-state index in [1.54, 1.807) is 18.2 Å². The van der Waals surface area contributed by atoms with E-state index in [1.165, 1.54) is 0 Å². The summed E-state index contributed by atoms with van der Waals surface area (Å²) in [6, 6.07) is 26.3. The molecule has 0 unspecified atom stereocenters. The average molecular weight is 479 g/mol. The topological polar surface area (TPSA) is 89.2 Å². The zero-order valence-corrected chi connectivity index (χ0v) is 20.1. The van der Waals surface area contributed by atoms with Crippen molar-refractivity contribution in [2.45, 2.75) is 26.8 Å². The van der Waals surface area contributed by atoms with Crippen LogP contribution in [-0.2, 0) is 17.8 Å². The van der Waals surface area contributed by atoms with Crippen LogP contribution in [0.5, 0.6) is 0 Å². The molecule has 3 aromatic carbocycles. The minimum Gasteiger partial charge on any atom is -0.451 e. The van der Waals surface area contributed by atoms with Crippen molar-refractivity contribution in [3.63, 3.8) is 0 Å². The highest BCUT2D eigenvalue weighted by Crippen LogP contribution is 2.21. The fourth-order valence-electron chi connectivity index (χ4n) is 4.18. The van der Waals surface area contributed by atoms with Crippen LogP contribution >= 0.6 is 0 Å². The Bertz CT molecular complexity index is 1500. The molecule has 36 heavy (non-hydrogen) atoms. The molecule has 7 heteroatoms. The maximum Gasteiger partial charge on any atom is 0.291 e. The molecule has 0 radical (unpaired) electrons. The first-order valence-corrected chi connectivity index (χ1v) is 11.7. The van der Waals surface area contributed by atoms with Crippen LogP contribution in [0.1, 0.15) is 33.1 Å². The molecule has 0 saturated heterocycles. The van der Waals surface area contributed by atoms with E-state index < -0.39 is 0 Å². The summed E-state index contributed by atoms with van der Waals surface area (Å²) in [5.74, 6) is -0.153. The number of hydrogen-bond acceptors (Lipinski definition) is 4. The maximum atomic E-state index is 12.6. The lowest BCUT2D eigenvalue weighted by atomic mass is 10.1. The number of aryl methyl sites for hydroxylation is 1. The zero-order chi connectivity index (χ0) is 25.1. The number of nitrogens with zero attached hydrogens (tertiary/aromatic N) is 2. The first-order chi connectivity index (χ1) is 17.5. The third kappa shape index (κ3) is 4.90. The minimum atomic E-state index is -0.321. The second-order valence-corrected chi connectivity index (χ2v) is 8.65. The second-order valence-electron chi connectivity index (χ2n) is 8.65. The molecule has 0 fully saturated rings. The van der Waals surface area contributed by atoms with Gasteiger partial charge in [-0.1, -0.05) is 48.5 Å². The molecule has 5 aromatic rings. The van der Waals surface area contributed by atoms with E-state index in [2.05, 4.69) is 15.7 Å². The number of fused-ring (bicyclic) bond motifs is 1. The molecule has 0 bridgehead atoms. The first kappa shape index (κ1) is 23.1. The fraction of sp³-hybridized carbons (Fsp3) is 0.138. The van der Waals surface area contributed by atoms with Gasteiger partial charge in [0.2, 0.25) is 5.91 Å². The number of nitrogens with one attached hydrogen (secondary N) is 2. The number of benzene rings is 3. The van der Waals surface area contributed by atoms with Crippen LogP contribution in [0.2, 0.25) is 0 Å². The number of rotatable bonds is 7. The van der Waals surface area contributed by atoms with Gasteiger partial charge >= 0.3 is 0 Å². The van der Waals surface area contributed by atoms with E-state index in [0.717, 1.165) is 33.6 Å². The summed E-state index contributed by atoms with van der Waals surface area (Å²) in [6.07, 6.45) is 0.239. The van der Waals surface area contributed by atoms with Gasteiger partial charge in [0.05, 0.1) is 17.8 Å². The van der Waals surface area contributed by atoms with Crippen LogP contribution in [0.25, 0.3) is 16.7 Å². The Morgan fingerprint density at radius 3 is 2.39 bits per heavy atom. The molecular formula is C29H26N4O3. The van der Waals surface area contributed by atoms with E-state index in [9.17, 15) is 9.59 Å². The molecule has 0 aliphatic rings. The van der Waals surface area contributed by atoms with Gasteiger partial charge in [0.15, 0.2) is 5.76 Å². The smallest absolute Gasteiger partial charge is 0.291 e. The Kier molecular flexibility index (Phi) is 6.36. The van der Waals surface area contributed by atoms with Crippen LogP contribution in [0.3, 0.4) is 0 Å². The zero-order valence-electron chi connectivity index (χ0n) is 20.1. The summed E-state index contributed by atoms with van der Waals surface area (Å²) in [6.45, 7) is 4.37. The second kappa shape index (κ2) is 9.92. The van der Waals surface area contributed by atoms with Crippen LogP contribution in [0.15, 0.2) is 89.3 Å². The Labute approximate surface area is 208 Å². The highest BCUT2D eigenvalue weighted by atomic mass is 16.3. The van der Waals surface area contributed by atoms with Crippen molar-refractivity contribution in [1.82, 2.24) is 15.1 Å². The van der Waals surface area contributed by atoms with Gasteiger partial charge in [0.25, 0.3) is 5.91 Å². The van der Waals surface area contributed by atoms with Gasteiger partial charge in [0.1, 0.15) is 5.58 Å². The number of para-hydroxylation sites is 2. The molecule has 2 N–H and O–H groups in total. The van der Waals surface area contributed by atoms with Crippen LogP contribution in [0, 0.1) is 13.8 Å². The first-order valence-electron chi connectivity index (χ1n) is 11.7. The molecule has 0 aliphatic heterocycles. The fourth-order valence-corrected chi connectivity index (χ4v) is 4.18. The number of carbonyl (C=O) groups is 2. The predicted octanol–water partition coefficient (Wildman–Crippen LogP) is 5.35. The Hall–Kier alpha value is -4.65. The van der Waals surface area contributed by atoms with E-state index in [1.807, 2.05) is 85.3 Å². The summed E-state index contributed by atoms with van der Waals surface area (Å²) in [7, 11) is 0. The van der Waals surface area contributed by atoms with Gasteiger partial charge in [-0.05, 0) is 55.8 Å². The average Bonchev–Trinajstić information content (AvgIpc) is 3.45. The predicted molar refractivity (Wildman–Crippen MR) is 139 cm³/mol. The highest BCUT2D eigenvalue weighted by Gasteiger charge is 2.15. The summed E-state index contributed by atoms with van der Waals surface area (Å²) in [5.41, 5.74) is 6.04. The molecule has 2 aromatic heterocycles. The highest BCUT2D eigenvalue weighted by molar-refractivity contribution is 6.04. The summed E-state index contributed by atoms with van der Waals surface area (Å²) < 4.78 is 7.51. The van der Waals surface area contributed by atoms with Crippen molar-refractivity contribution in [3.8, 4) is 5.69 Å². The standard InChI is InChI=1S/C29H26N4O3/c1-19-25(20(2)33(32-19)24-9-4-3-5-10-24)18-30-28(34)16-21-12-14-23(15-13-21)31-29(35)27-17-22-8-6-7-11-26(22)36-27/h3-15,17H,16,18H2,1-2H3,(H,30,34)(H,31,35). The number of furan rings is 1. The third-order valence-corrected chi connectivity index (χ3v) is 6.13. The third-order valence-electron chi connectivity index (χ3n) is 6.13. The van der Waals surface area contributed by atoms with Gasteiger partial charge in [0, 0.05) is 28.9 Å². The van der Waals surface area contributed by atoms with Crippen LogP contribution in [0.4, 0.5) is 5.69 Å². The van der Waals surface area contributed by atoms with E-state index in [-0.39, 0.29) is 24.0 Å².